The number of fused-ring (bicyclic) bond motifs is 2. The van der Waals surface area contributed by atoms with Crippen LogP contribution in [0.2, 0.25) is 0 Å². The summed E-state index contributed by atoms with van der Waals surface area (Å²) >= 11 is 0. The monoisotopic (exact) mass is 159 g/mol. The van der Waals surface area contributed by atoms with Gasteiger partial charge in [-0.15, -0.1) is 0 Å². The van der Waals surface area contributed by atoms with Crippen LogP contribution in [-0.4, -0.2) is 47.1 Å². The van der Waals surface area contributed by atoms with Gasteiger partial charge >= 0.3 is 0 Å². The number of rotatable bonds is 0. The molecule has 0 unspecified atom stereocenters. The molecule has 2 rings (SSSR count). The van der Waals surface area contributed by atoms with Crippen LogP contribution in [0.25, 0.3) is 0 Å². The van der Waals surface area contributed by atoms with Crippen LogP contribution in [0.5, 0.6) is 0 Å². The first kappa shape index (κ1) is 7.02. The first-order valence-electron chi connectivity index (χ1n) is 3.45. The summed E-state index contributed by atoms with van der Waals surface area (Å²) in [6, 6.07) is 0. The number of hydrogen-bond donors (Lipinski definition) is 3. The molecule has 0 radical (unpaired) electrons. The fraction of sp³-hybridized carbons (Fsp3) is 0.833. The Labute approximate surface area is 63.0 Å². The predicted octanol–water partition coefficient (Wildman–Crippen LogP) is -2.39. The maximum Gasteiger partial charge on any atom is 0.257 e. The molecule has 2 bridgehead atoms. The van der Waals surface area contributed by atoms with Crippen LogP contribution >= 0.6 is 0 Å². The Morgan fingerprint density at radius 2 is 2.45 bits per heavy atom. The molecule has 0 aliphatic carbocycles. The van der Waals surface area contributed by atoms with Crippen molar-refractivity contribution in [3.63, 3.8) is 0 Å². The second-order valence-electron chi connectivity index (χ2n) is 2.93. The second-order valence-corrected chi connectivity index (χ2v) is 2.93. The van der Waals surface area contributed by atoms with Crippen molar-refractivity contribution in [3.05, 3.63) is 0 Å². The highest BCUT2D eigenvalue weighted by atomic mass is 16.5. The largest absolute Gasteiger partial charge is 0.387 e. The van der Waals surface area contributed by atoms with Crippen LogP contribution in [-0.2, 0) is 9.53 Å². The van der Waals surface area contributed by atoms with Gasteiger partial charge in [-0.3, -0.25) is 4.79 Å². The fourth-order valence-corrected chi connectivity index (χ4v) is 1.43. The first-order valence-corrected chi connectivity index (χ1v) is 3.45. The van der Waals surface area contributed by atoms with Gasteiger partial charge in [0.05, 0.1) is 6.61 Å². The first-order chi connectivity index (χ1) is 5.14. The third kappa shape index (κ3) is 0.727. The lowest BCUT2D eigenvalue weighted by Gasteiger charge is -2.29. The summed E-state index contributed by atoms with van der Waals surface area (Å²) in [7, 11) is 0. The van der Waals surface area contributed by atoms with E-state index in [0.717, 1.165) is 0 Å². The van der Waals surface area contributed by atoms with Crippen LogP contribution in [0.3, 0.4) is 0 Å². The van der Waals surface area contributed by atoms with E-state index in [9.17, 15) is 15.0 Å². The van der Waals surface area contributed by atoms with Gasteiger partial charge in [0.2, 0.25) is 0 Å². The maximum atomic E-state index is 11.0. The van der Waals surface area contributed by atoms with E-state index in [1.54, 1.807) is 0 Å². The smallest absolute Gasteiger partial charge is 0.257 e. The third-order valence-electron chi connectivity index (χ3n) is 2.22. The SMILES string of the molecule is O=C1NC[C@H]2OC[C@@]1(O)[C@@H]2O. The minimum atomic E-state index is -1.71. The van der Waals surface area contributed by atoms with E-state index in [2.05, 4.69) is 5.32 Å². The van der Waals surface area contributed by atoms with Gasteiger partial charge in [-0.25, -0.2) is 0 Å². The molecular weight excluding hydrogens is 150 g/mol. The van der Waals surface area contributed by atoms with Gasteiger partial charge in [0, 0.05) is 6.54 Å². The Kier molecular flexibility index (Phi) is 1.24. The molecule has 3 N–H and O–H groups in total. The number of hydrogen-bond acceptors (Lipinski definition) is 4. The highest BCUT2D eigenvalue weighted by Gasteiger charge is 2.56. The standard InChI is InChI=1S/C6H9NO4/c8-4-3-1-7-5(9)6(4,10)2-11-3/h3-4,8,10H,1-2H2,(H,7,9)/t3-,4-,6-/m1/s1. The van der Waals surface area contributed by atoms with Crippen LogP contribution < -0.4 is 5.32 Å². The number of carbonyl (C=O) groups is 1. The molecule has 2 heterocycles. The van der Waals surface area contributed by atoms with Gasteiger partial charge in [-0.2, -0.15) is 0 Å². The second kappa shape index (κ2) is 1.94. The van der Waals surface area contributed by atoms with Crippen molar-refractivity contribution in [3.8, 4) is 0 Å². The molecule has 11 heavy (non-hydrogen) atoms. The minimum absolute atomic E-state index is 0.106. The molecule has 0 aromatic carbocycles. The topological polar surface area (TPSA) is 78.8 Å². The Bertz CT molecular complexity index is 207. The minimum Gasteiger partial charge on any atom is -0.387 e. The van der Waals surface area contributed by atoms with Gasteiger partial charge in [-0.05, 0) is 0 Å². The molecule has 0 saturated carbocycles. The van der Waals surface area contributed by atoms with Gasteiger partial charge in [0.15, 0.2) is 5.60 Å². The Morgan fingerprint density at radius 3 is 3.09 bits per heavy atom. The highest BCUT2D eigenvalue weighted by Crippen LogP contribution is 2.27. The summed E-state index contributed by atoms with van der Waals surface area (Å²) in [5, 5.41) is 21.2. The third-order valence-corrected chi connectivity index (χ3v) is 2.22. The number of aliphatic hydroxyl groups is 2. The summed E-state index contributed by atoms with van der Waals surface area (Å²) in [6.45, 7) is 0.174. The predicted molar refractivity (Wildman–Crippen MR) is 33.7 cm³/mol. The van der Waals surface area contributed by atoms with Crippen LogP contribution in [0.1, 0.15) is 0 Å². The van der Waals surface area contributed by atoms with Crippen molar-refractivity contribution in [2.45, 2.75) is 17.8 Å². The van der Waals surface area contributed by atoms with Gasteiger partial charge in [0.1, 0.15) is 12.2 Å². The van der Waals surface area contributed by atoms with E-state index in [1.165, 1.54) is 0 Å². The molecule has 5 nitrogen and oxygen atoms in total. The Balaban J connectivity index is 2.33. The normalized spacial score (nSPS) is 49.1. The van der Waals surface area contributed by atoms with Crippen molar-refractivity contribution in [2.75, 3.05) is 13.2 Å². The Morgan fingerprint density at radius 1 is 1.73 bits per heavy atom. The lowest BCUT2D eigenvalue weighted by atomic mass is 9.92. The van der Waals surface area contributed by atoms with Crippen molar-refractivity contribution >= 4 is 5.91 Å². The molecule has 2 fully saturated rings. The highest BCUT2D eigenvalue weighted by molar-refractivity contribution is 5.87. The Hall–Kier alpha value is -0.650. The summed E-state index contributed by atoms with van der Waals surface area (Å²) < 4.78 is 4.98. The van der Waals surface area contributed by atoms with E-state index in [4.69, 9.17) is 4.74 Å². The molecule has 3 atom stereocenters. The van der Waals surface area contributed by atoms with E-state index < -0.39 is 23.7 Å². The molecule has 0 spiro atoms. The molecule has 0 aromatic rings. The number of nitrogens with one attached hydrogen (secondary N) is 1. The number of aliphatic hydroxyl groups excluding tert-OH is 1. The fourth-order valence-electron chi connectivity index (χ4n) is 1.43. The molecule has 2 aliphatic heterocycles. The summed E-state index contributed by atoms with van der Waals surface area (Å²) in [6.07, 6.45) is -1.52. The number of ether oxygens (including phenoxy) is 1. The zero-order valence-corrected chi connectivity index (χ0v) is 5.78. The maximum absolute atomic E-state index is 11.0. The molecule has 2 saturated heterocycles. The van der Waals surface area contributed by atoms with Gasteiger partial charge in [0.25, 0.3) is 5.91 Å². The van der Waals surface area contributed by atoms with Crippen molar-refractivity contribution < 1.29 is 19.7 Å². The molecule has 0 aromatic heterocycles. The van der Waals surface area contributed by atoms with Crippen molar-refractivity contribution in [1.29, 1.82) is 0 Å². The molecule has 5 heteroatoms. The van der Waals surface area contributed by atoms with Crippen molar-refractivity contribution in [1.82, 2.24) is 5.32 Å². The zero-order valence-electron chi connectivity index (χ0n) is 5.78. The van der Waals surface area contributed by atoms with Crippen molar-refractivity contribution in [2.24, 2.45) is 0 Å². The molecule has 62 valence electrons. The summed E-state index contributed by atoms with van der Waals surface area (Å²) in [5.41, 5.74) is -1.71. The van der Waals surface area contributed by atoms with Crippen LogP contribution in [0.4, 0.5) is 0 Å². The zero-order chi connectivity index (χ0) is 8.06. The molecule has 1 amide bonds. The lowest BCUT2D eigenvalue weighted by Crippen LogP contribution is -2.61. The van der Waals surface area contributed by atoms with E-state index in [0.29, 0.717) is 0 Å². The van der Waals surface area contributed by atoms with Gasteiger partial charge < -0.3 is 20.3 Å². The van der Waals surface area contributed by atoms with Crippen LogP contribution in [0.15, 0.2) is 0 Å². The van der Waals surface area contributed by atoms with Gasteiger partial charge in [-0.1, -0.05) is 0 Å². The summed E-state index contributed by atoms with van der Waals surface area (Å²) in [5.74, 6) is -0.543. The molecular formula is C6H9NO4. The van der Waals surface area contributed by atoms with Crippen LogP contribution in [0, 0.1) is 0 Å². The van der Waals surface area contributed by atoms with E-state index >= 15 is 0 Å². The quantitative estimate of drug-likeness (QED) is 0.368. The number of carbonyl (C=O) groups excluding carboxylic acids is 1. The molecule has 2 aliphatic rings. The summed E-state index contributed by atoms with van der Waals surface area (Å²) in [4.78, 5) is 11.0. The number of piperidine rings is 1. The average Bonchev–Trinajstić information content (AvgIpc) is 2.16. The van der Waals surface area contributed by atoms with E-state index in [-0.39, 0.29) is 13.2 Å². The van der Waals surface area contributed by atoms with E-state index in [1.807, 2.05) is 0 Å². The average molecular weight is 159 g/mol. The number of amides is 1. The lowest BCUT2D eigenvalue weighted by molar-refractivity contribution is -0.151.